The molecular weight excluding hydrogens is 286 g/mol. The number of carbonyl (C=O) groups is 1. The summed E-state index contributed by atoms with van der Waals surface area (Å²) >= 11 is 3.01. The van der Waals surface area contributed by atoms with Crippen molar-refractivity contribution in [3.05, 3.63) is 34.0 Å². The zero-order chi connectivity index (χ0) is 11.9. The molecule has 0 spiro atoms. The first-order chi connectivity index (χ1) is 7.49. The fourth-order valence-corrected chi connectivity index (χ4v) is 1.96. The molecule has 3 nitrogen and oxygen atoms in total. The highest BCUT2D eigenvalue weighted by Crippen LogP contribution is 2.31. The zero-order valence-corrected chi connectivity index (χ0v) is 9.35. The number of benzene rings is 1. The van der Waals surface area contributed by atoms with E-state index in [1.54, 1.807) is 0 Å². The van der Waals surface area contributed by atoms with E-state index in [1.807, 2.05) is 0 Å². The third-order valence-corrected chi connectivity index (χ3v) is 2.75. The van der Waals surface area contributed by atoms with Crippen molar-refractivity contribution >= 4 is 32.9 Å². The maximum atomic E-state index is 13.0. The van der Waals surface area contributed by atoms with Crippen molar-refractivity contribution in [1.29, 1.82) is 0 Å². The summed E-state index contributed by atoms with van der Waals surface area (Å²) in [7, 11) is 0. The number of carboxylic acid groups (broad SMARTS) is 1. The van der Waals surface area contributed by atoms with Crippen molar-refractivity contribution in [3.8, 4) is 0 Å². The summed E-state index contributed by atoms with van der Waals surface area (Å²) in [5.41, 5.74) is 0.406. The molecule has 2 aromatic rings. The lowest BCUT2D eigenvalue weighted by Gasteiger charge is -1.95. The number of furan rings is 1. The van der Waals surface area contributed by atoms with Gasteiger partial charge in [-0.2, -0.15) is 0 Å². The Morgan fingerprint density at radius 2 is 2.00 bits per heavy atom. The number of hydrogen-bond acceptors (Lipinski definition) is 2. The second-order valence-electron chi connectivity index (χ2n) is 3.19. The summed E-state index contributed by atoms with van der Waals surface area (Å²) in [6, 6.07) is 1.82. The molecule has 0 aliphatic rings. The monoisotopic (exact) mass is 290 g/mol. The lowest BCUT2D eigenvalue weighted by molar-refractivity contribution is -0.136. The van der Waals surface area contributed by atoms with Gasteiger partial charge in [0.25, 0.3) is 0 Å². The van der Waals surface area contributed by atoms with Crippen molar-refractivity contribution in [2.24, 2.45) is 0 Å². The molecule has 0 aliphatic carbocycles. The Labute approximate surface area is 96.8 Å². The molecule has 6 heteroatoms. The molecule has 16 heavy (non-hydrogen) atoms. The van der Waals surface area contributed by atoms with E-state index in [0.717, 1.165) is 12.1 Å². The van der Waals surface area contributed by atoms with Crippen LogP contribution in [0.2, 0.25) is 0 Å². The van der Waals surface area contributed by atoms with E-state index in [-0.39, 0.29) is 22.1 Å². The molecule has 0 bridgehead atoms. The normalized spacial score (nSPS) is 10.9. The van der Waals surface area contributed by atoms with E-state index in [2.05, 4.69) is 15.9 Å². The topological polar surface area (TPSA) is 50.4 Å². The summed E-state index contributed by atoms with van der Waals surface area (Å²) in [5.74, 6) is -3.14. The van der Waals surface area contributed by atoms with Crippen LogP contribution in [-0.4, -0.2) is 11.1 Å². The first-order valence-electron chi connectivity index (χ1n) is 4.26. The average molecular weight is 291 g/mol. The minimum atomic E-state index is -1.08. The summed E-state index contributed by atoms with van der Waals surface area (Å²) < 4.78 is 31.1. The number of hydrogen-bond donors (Lipinski definition) is 1. The van der Waals surface area contributed by atoms with Crippen LogP contribution in [0.25, 0.3) is 11.0 Å². The minimum Gasteiger partial charge on any atom is -0.481 e. The van der Waals surface area contributed by atoms with Crippen LogP contribution < -0.4 is 0 Å². The van der Waals surface area contributed by atoms with Crippen LogP contribution >= 0.6 is 15.9 Å². The highest BCUT2D eigenvalue weighted by Gasteiger charge is 2.17. The minimum absolute atomic E-state index is 0.113. The first kappa shape index (κ1) is 11.1. The zero-order valence-electron chi connectivity index (χ0n) is 7.76. The molecule has 0 unspecified atom stereocenters. The quantitative estimate of drug-likeness (QED) is 0.925. The number of aliphatic carboxylic acids is 1. The number of rotatable bonds is 2. The third kappa shape index (κ3) is 1.80. The lowest BCUT2D eigenvalue weighted by atomic mass is 10.1. The van der Waals surface area contributed by atoms with Crippen LogP contribution in [-0.2, 0) is 11.2 Å². The predicted molar refractivity (Wildman–Crippen MR) is 55.2 cm³/mol. The molecule has 1 aromatic heterocycles. The Bertz CT molecular complexity index is 577. The second-order valence-corrected chi connectivity index (χ2v) is 3.91. The van der Waals surface area contributed by atoms with Gasteiger partial charge in [-0.25, -0.2) is 8.78 Å². The van der Waals surface area contributed by atoms with Gasteiger partial charge in [0.05, 0.1) is 6.42 Å². The molecule has 0 amide bonds. The largest absolute Gasteiger partial charge is 0.481 e. The highest BCUT2D eigenvalue weighted by atomic mass is 79.9. The summed E-state index contributed by atoms with van der Waals surface area (Å²) in [4.78, 5) is 10.6. The lowest BCUT2D eigenvalue weighted by Crippen LogP contribution is -1.99. The van der Waals surface area contributed by atoms with Gasteiger partial charge in [0, 0.05) is 17.0 Å². The van der Waals surface area contributed by atoms with Gasteiger partial charge in [-0.1, -0.05) is 0 Å². The van der Waals surface area contributed by atoms with Gasteiger partial charge in [-0.15, -0.1) is 0 Å². The van der Waals surface area contributed by atoms with Crippen molar-refractivity contribution in [3.63, 3.8) is 0 Å². The Hall–Kier alpha value is -1.43. The number of carboxylic acids is 1. The molecule has 0 atom stereocenters. The average Bonchev–Trinajstić information content (AvgIpc) is 2.45. The Balaban J connectivity index is 2.68. The van der Waals surface area contributed by atoms with E-state index >= 15 is 0 Å². The summed E-state index contributed by atoms with van der Waals surface area (Å²) in [6.07, 6.45) is -0.321. The van der Waals surface area contributed by atoms with Crippen molar-refractivity contribution in [2.45, 2.75) is 6.42 Å². The Morgan fingerprint density at radius 3 is 2.62 bits per heavy atom. The molecule has 1 heterocycles. The molecule has 0 aliphatic heterocycles. The molecule has 0 radical (unpaired) electrons. The van der Waals surface area contributed by atoms with Gasteiger partial charge in [0.1, 0.15) is 5.58 Å². The van der Waals surface area contributed by atoms with Gasteiger partial charge >= 0.3 is 5.97 Å². The smallest absolute Gasteiger partial charge is 0.308 e. The fourth-order valence-electron chi connectivity index (χ4n) is 1.43. The molecule has 0 saturated carbocycles. The van der Waals surface area contributed by atoms with Gasteiger partial charge in [0.15, 0.2) is 16.3 Å². The molecule has 1 aromatic carbocycles. The van der Waals surface area contributed by atoms with Gasteiger partial charge in [-0.05, 0) is 22.0 Å². The first-order valence-corrected chi connectivity index (χ1v) is 5.06. The van der Waals surface area contributed by atoms with Gasteiger partial charge in [-0.3, -0.25) is 4.79 Å². The van der Waals surface area contributed by atoms with Crippen molar-refractivity contribution in [2.75, 3.05) is 0 Å². The van der Waals surface area contributed by atoms with Gasteiger partial charge in [0.2, 0.25) is 0 Å². The molecule has 2 rings (SSSR count). The highest BCUT2D eigenvalue weighted by molar-refractivity contribution is 9.10. The number of halogens is 3. The van der Waals surface area contributed by atoms with E-state index in [1.165, 1.54) is 0 Å². The van der Waals surface area contributed by atoms with E-state index in [0.29, 0.717) is 5.56 Å². The standard InChI is InChI=1S/C10H5BrF2O3/c11-10-5(2-9(14)15)4-1-6(12)7(13)3-8(4)16-10/h1,3H,2H2,(H,14,15). The van der Waals surface area contributed by atoms with Crippen LogP contribution in [0.15, 0.2) is 21.2 Å². The Kier molecular flexibility index (Phi) is 2.67. The van der Waals surface area contributed by atoms with Crippen LogP contribution in [0.5, 0.6) is 0 Å². The molecule has 0 saturated heterocycles. The van der Waals surface area contributed by atoms with Crippen molar-refractivity contribution < 1.29 is 23.1 Å². The summed E-state index contributed by atoms with van der Waals surface area (Å²) in [6.45, 7) is 0. The van der Waals surface area contributed by atoms with E-state index < -0.39 is 17.6 Å². The van der Waals surface area contributed by atoms with Crippen LogP contribution in [0.1, 0.15) is 5.56 Å². The Morgan fingerprint density at radius 1 is 1.38 bits per heavy atom. The number of fused-ring (bicyclic) bond motifs is 1. The fraction of sp³-hybridized carbons (Fsp3) is 0.100. The second kappa shape index (κ2) is 3.86. The van der Waals surface area contributed by atoms with Crippen LogP contribution in [0, 0.1) is 11.6 Å². The molecule has 1 N–H and O–H groups in total. The van der Waals surface area contributed by atoms with Crippen LogP contribution in [0.3, 0.4) is 0 Å². The SMILES string of the molecule is O=C(O)Cc1c(Br)oc2cc(F)c(F)cc12. The summed E-state index contributed by atoms with van der Waals surface area (Å²) in [5, 5.41) is 8.92. The van der Waals surface area contributed by atoms with Crippen LogP contribution in [0.4, 0.5) is 8.78 Å². The molecule has 84 valence electrons. The molecule has 0 fully saturated rings. The van der Waals surface area contributed by atoms with E-state index in [4.69, 9.17) is 9.52 Å². The maximum Gasteiger partial charge on any atom is 0.308 e. The van der Waals surface area contributed by atoms with Gasteiger partial charge < -0.3 is 9.52 Å². The molecular formula is C10H5BrF2O3. The maximum absolute atomic E-state index is 13.0. The van der Waals surface area contributed by atoms with Crippen molar-refractivity contribution in [1.82, 2.24) is 0 Å². The predicted octanol–water partition coefficient (Wildman–Crippen LogP) is 3.10. The third-order valence-electron chi connectivity index (χ3n) is 2.11. The van der Waals surface area contributed by atoms with E-state index in [9.17, 15) is 13.6 Å².